The van der Waals surface area contributed by atoms with E-state index in [1.165, 1.54) is 17.3 Å². The minimum absolute atomic E-state index is 0.490. The highest BCUT2D eigenvalue weighted by atomic mass is 32.2. The van der Waals surface area contributed by atoms with Crippen LogP contribution in [0.2, 0.25) is 0 Å². The molecule has 27 heavy (non-hydrogen) atoms. The van der Waals surface area contributed by atoms with Crippen LogP contribution in [0.4, 0.5) is 0 Å². The van der Waals surface area contributed by atoms with Gasteiger partial charge in [-0.3, -0.25) is 0 Å². The molecule has 136 valence electrons. The van der Waals surface area contributed by atoms with Crippen LogP contribution in [0.25, 0.3) is 17.1 Å². The summed E-state index contributed by atoms with van der Waals surface area (Å²) in [5.41, 5.74) is 5.32. The van der Waals surface area contributed by atoms with Crippen LogP contribution in [0.3, 0.4) is 0 Å². The SMILES string of the molecule is Cc1ccc(-c2nnc(CSc3nnnn3-c3c(C)cccc3C)o2)cc1. The number of aryl methyl sites for hydroxylation is 3. The van der Waals surface area contributed by atoms with Crippen molar-refractivity contribution in [2.75, 3.05) is 0 Å². The molecule has 0 radical (unpaired) electrons. The van der Waals surface area contributed by atoms with Crippen molar-refractivity contribution >= 4 is 11.8 Å². The van der Waals surface area contributed by atoms with Crippen LogP contribution in [0.1, 0.15) is 22.6 Å². The van der Waals surface area contributed by atoms with Gasteiger partial charge in [-0.25, -0.2) is 0 Å². The van der Waals surface area contributed by atoms with Crippen molar-refractivity contribution in [1.82, 2.24) is 30.4 Å². The van der Waals surface area contributed by atoms with Crippen molar-refractivity contribution in [1.29, 1.82) is 0 Å². The zero-order valence-corrected chi connectivity index (χ0v) is 16.1. The third kappa shape index (κ3) is 3.61. The van der Waals surface area contributed by atoms with E-state index in [1.54, 1.807) is 4.68 Å². The number of rotatable bonds is 5. The molecule has 0 saturated carbocycles. The molecule has 4 rings (SSSR count). The second kappa shape index (κ2) is 7.32. The normalized spacial score (nSPS) is 11.1. The van der Waals surface area contributed by atoms with E-state index in [0.29, 0.717) is 22.7 Å². The lowest BCUT2D eigenvalue weighted by molar-refractivity contribution is 0.528. The van der Waals surface area contributed by atoms with Crippen LogP contribution >= 0.6 is 11.8 Å². The highest BCUT2D eigenvalue weighted by Crippen LogP contribution is 2.26. The monoisotopic (exact) mass is 378 g/mol. The van der Waals surface area contributed by atoms with Crippen LogP contribution < -0.4 is 0 Å². The van der Waals surface area contributed by atoms with Gasteiger partial charge in [0.25, 0.3) is 0 Å². The average molecular weight is 378 g/mol. The van der Waals surface area contributed by atoms with E-state index in [0.717, 1.165) is 22.4 Å². The zero-order chi connectivity index (χ0) is 18.8. The molecule has 0 amide bonds. The Balaban J connectivity index is 1.52. The van der Waals surface area contributed by atoms with Crippen LogP contribution in [0.5, 0.6) is 0 Å². The topological polar surface area (TPSA) is 82.5 Å². The summed E-state index contributed by atoms with van der Waals surface area (Å²) in [4.78, 5) is 0. The number of hydrogen-bond acceptors (Lipinski definition) is 7. The Morgan fingerprint density at radius 3 is 2.41 bits per heavy atom. The molecular weight excluding hydrogens is 360 g/mol. The van der Waals surface area contributed by atoms with Gasteiger partial charge in [-0.2, -0.15) is 4.68 Å². The van der Waals surface area contributed by atoms with Gasteiger partial charge in [0.2, 0.25) is 16.9 Å². The smallest absolute Gasteiger partial charge is 0.247 e. The number of para-hydroxylation sites is 1. The van der Waals surface area contributed by atoms with Crippen LogP contribution in [-0.4, -0.2) is 30.4 Å². The molecule has 0 atom stereocenters. The first-order chi connectivity index (χ1) is 13.1. The molecule has 2 aromatic carbocycles. The number of hydrogen-bond donors (Lipinski definition) is 0. The highest BCUT2D eigenvalue weighted by molar-refractivity contribution is 7.98. The zero-order valence-electron chi connectivity index (χ0n) is 15.2. The fourth-order valence-corrected chi connectivity index (χ4v) is 3.51. The lowest BCUT2D eigenvalue weighted by Crippen LogP contribution is -2.04. The maximum Gasteiger partial charge on any atom is 0.247 e. The third-order valence-electron chi connectivity index (χ3n) is 4.18. The minimum Gasteiger partial charge on any atom is -0.420 e. The Labute approximate surface area is 160 Å². The minimum atomic E-state index is 0.490. The van der Waals surface area contributed by atoms with Gasteiger partial charge in [0.15, 0.2) is 0 Å². The Morgan fingerprint density at radius 2 is 1.67 bits per heavy atom. The molecule has 4 aromatic rings. The van der Waals surface area contributed by atoms with E-state index in [2.05, 4.69) is 25.7 Å². The van der Waals surface area contributed by atoms with Crippen molar-refractivity contribution in [2.24, 2.45) is 0 Å². The maximum absolute atomic E-state index is 5.78. The summed E-state index contributed by atoms with van der Waals surface area (Å²) in [5.74, 6) is 1.54. The fourth-order valence-electron chi connectivity index (χ4n) is 2.80. The summed E-state index contributed by atoms with van der Waals surface area (Å²) in [5, 5.41) is 21.1. The lowest BCUT2D eigenvalue weighted by atomic mass is 10.1. The van der Waals surface area contributed by atoms with Crippen molar-refractivity contribution < 1.29 is 4.42 Å². The van der Waals surface area contributed by atoms with E-state index < -0.39 is 0 Å². The highest BCUT2D eigenvalue weighted by Gasteiger charge is 2.15. The van der Waals surface area contributed by atoms with Crippen molar-refractivity contribution in [2.45, 2.75) is 31.7 Å². The number of tetrazole rings is 1. The molecule has 0 aliphatic carbocycles. The number of benzene rings is 2. The summed E-state index contributed by atoms with van der Waals surface area (Å²) in [6, 6.07) is 14.1. The van der Waals surface area contributed by atoms with E-state index >= 15 is 0 Å². The first-order valence-electron chi connectivity index (χ1n) is 8.49. The van der Waals surface area contributed by atoms with Gasteiger partial charge >= 0.3 is 0 Å². The summed E-state index contributed by atoms with van der Waals surface area (Å²) in [7, 11) is 0. The molecule has 2 heterocycles. The largest absolute Gasteiger partial charge is 0.420 e. The molecule has 0 aliphatic heterocycles. The van der Waals surface area contributed by atoms with Gasteiger partial charge < -0.3 is 4.42 Å². The standard InChI is InChI=1S/C19H18N6OS/c1-12-7-9-15(10-8-12)18-21-20-16(26-18)11-27-19-22-23-24-25(19)17-13(2)5-4-6-14(17)3/h4-10H,11H2,1-3H3. The molecular formula is C19H18N6OS. The van der Waals surface area contributed by atoms with Crippen LogP contribution in [0, 0.1) is 20.8 Å². The molecule has 0 aliphatic rings. The Hall–Kier alpha value is -3.00. The second-order valence-corrected chi connectivity index (χ2v) is 7.21. The van der Waals surface area contributed by atoms with Gasteiger partial charge in [0, 0.05) is 5.56 Å². The van der Waals surface area contributed by atoms with E-state index in [4.69, 9.17) is 4.42 Å². The molecule has 0 unspecified atom stereocenters. The molecule has 0 spiro atoms. The molecule has 0 bridgehead atoms. The third-order valence-corrected chi connectivity index (χ3v) is 5.09. The van der Waals surface area contributed by atoms with Crippen molar-refractivity contribution in [3.05, 3.63) is 65.0 Å². The predicted molar refractivity (Wildman–Crippen MR) is 103 cm³/mol. The van der Waals surface area contributed by atoms with Crippen molar-refractivity contribution in [3.63, 3.8) is 0 Å². The number of thioether (sulfide) groups is 1. The molecule has 7 nitrogen and oxygen atoms in total. The van der Waals surface area contributed by atoms with Crippen molar-refractivity contribution in [3.8, 4) is 17.1 Å². The van der Waals surface area contributed by atoms with Gasteiger partial charge in [-0.1, -0.05) is 47.7 Å². The summed E-state index contributed by atoms with van der Waals surface area (Å²) >= 11 is 1.46. The lowest BCUT2D eigenvalue weighted by Gasteiger charge is -2.09. The summed E-state index contributed by atoms with van der Waals surface area (Å²) in [6.07, 6.45) is 0. The van der Waals surface area contributed by atoms with E-state index in [1.807, 2.05) is 63.2 Å². The molecule has 8 heteroatoms. The number of aromatic nitrogens is 6. The quantitative estimate of drug-likeness (QED) is 0.487. The van der Waals surface area contributed by atoms with E-state index in [-0.39, 0.29) is 0 Å². The predicted octanol–water partition coefficient (Wildman–Crippen LogP) is 3.93. The summed E-state index contributed by atoms with van der Waals surface area (Å²) in [6.45, 7) is 6.13. The van der Waals surface area contributed by atoms with Gasteiger partial charge in [-0.05, 0) is 54.5 Å². The second-order valence-electron chi connectivity index (χ2n) is 6.27. The van der Waals surface area contributed by atoms with Gasteiger partial charge in [0.05, 0.1) is 11.4 Å². The Morgan fingerprint density at radius 1 is 0.926 bits per heavy atom. The Bertz CT molecular complexity index is 1050. The van der Waals surface area contributed by atoms with Gasteiger partial charge in [0.1, 0.15) is 0 Å². The fraction of sp³-hybridized carbons (Fsp3) is 0.211. The van der Waals surface area contributed by atoms with Crippen LogP contribution in [-0.2, 0) is 5.75 Å². The van der Waals surface area contributed by atoms with Crippen LogP contribution in [0.15, 0.2) is 52.0 Å². The summed E-state index contributed by atoms with van der Waals surface area (Å²) < 4.78 is 7.54. The maximum atomic E-state index is 5.78. The van der Waals surface area contributed by atoms with Gasteiger partial charge in [-0.15, -0.1) is 15.3 Å². The average Bonchev–Trinajstić information content (AvgIpc) is 3.30. The molecule has 0 N–H and O–H groups in total. The first-order valence-corrected chi connectivity index (χ1v) is 9.47. The first kappa shape index (κ1) is 17.4. The molecule has 0 fully saturated rings. The molecule has 2 aromatic heterocycles. The Kier molecular flexibility index (Phi) is 4.72. The van der Waals surface area contributed by atoms with E-state index in [9.17, 15) is 0 Å². The molecule has 0 saturated heterocycles. The number of nitrogens with zero attached hydrogens (tertiary/aromatic N) is 6.